The minimum atomic E-state index is -10.7. The molecule has 0 saturated carbocycles. The van der Waals surface area contributed by atoms with E-state index in [0.717, 1.165) is 45.6 Å². The Kier molecular flexibility index (Phi) is 5.99. The fraction of sp³-hybridized carbons (Fsp3) is 0.857. The predicted molar refractivity (Wildman–Crippen MR) is 99.5 cm³/mol. The molecule has 3 saturated heterocycles. The Labute approximate surface area is 165 Å². The van der Waals surface area contributed by atoms with Crippen LogP contribution in [0.15, 0.2) is 12.4 Å². The first kappa shape index (κ1) is 23.1. The van der Waals surface area contributed by atoms with Gasteiger partial charge in [-0.15, -0.1) is 14.4 Å². The molecule has 0 aliphatic carbocycles. The Morgan fingerprint density at radius 1 is 0.828 bits per heavy atom. The van der Waals surface area contributed by atoms with Crippen LogP contribution in [0.3, 0.4) is 0 Å². The van der Waals surface area contributed by atoms with Crippen molar-refractivity contribution in [1.29, 1.82) is 0 Å². The first-order valence-corrected chi connectivity index (χ1v) is 13.2. The van der Waals surface area contributed by atoms with Crippen molar-refractivity contribution in [3.8, 4) is 0 Å². The van der Waals surface area contributed by atoms with E-state index < -0.39 is 15.7 Å². The molecule has 4 rings (SSSR count). The number of rotatable bonds is 4. The van der Waals surface area contributed by atoms with Gasteiger partial charge in [-0.05, 0) is 43.7 Å². The molecule has 1 atom stereocenters. The molecular formula is C14H26F6N6OP2. The molecule has 0 bridgehead atoms. The summed E-state index contributed by atoms with van der Waals surface area (Å²) in [6.45, 7) is 5.38. The van der Waals surface area contributed by atoms with Crippen LogP contribution < -0.4 is 0 Å². The van der Waals surface area contributed by atoms with Gasteiger partial charge in [0.25, 0.3) is 0 Å². The Morgan fingerprint density at radius 3 is 1.66 bits per heavy atom. The molecule has 0 radical (unpaired) electrons. The van der Waals surface area contributed by atoms with Gasteiger partial charge < -0.3 is 5.11 Å². The van der Waals surface area contributed by atoms with Gasteiger partial charge in [-0.25, -0.2) is 0 Å². The van der Waals surface area contributed by atoms with E-state index in [2.05, 4.69) is 28.8 Å². The van der Waals surface area contributed by atoms with Crippen molar-refractivity contribution in [2.24, 2.45) is 0 Å². The molecule has 29 heavy (non-hydrogen) atoms. The monoisotopic (exact) mass is 470 g/mol. The molecule has 0 spiro atoms. The normalized spacial score (nSPS) is 27.5. The average Bonchev–Trinajstić information content (AvgIpc) is 3.37. The van der Waals surface area contributed by atoms with Gasteiger partial charge in [-0.1, -0.05) is 9.12 Å². The maximum absolute atomic E-state index is 10.7. The second-order valence-corrected chi connectivity index (χ2v) is 12.5. The summed E-state index contributed by atoms with van der Waals surface area (Å²) in [7, 11) is -12.7. The second kappa shape index (κ2) is 7.53. The maximum atomic E-state index is 10.7. The summed E-state index contributed by atoms with van der Waals surface area (Å²) in [5.74, 6) is 0. The number of nitrogens with zero attached hydrogens (tertiary/aromatic N) is 6. The SMILES string of the molecule is F[P-](F)(F)(F)(F)F.OC1CCCN1[P+](N1CCCC1)(N1CCCC1)n1ccnn1. The van der Waals surface area contributed by atoms with Gasteiger partial charge in [0.1, 0.15) is 6.23 Å². The van der Waals surface area contributed by atoms with Gasteiger partial charge in [-0.3, -0.25) is 0 Å². The Bertz CT molecular complexity index is 651. The molecule has 1 N–H and O–H groups in total. The number of aromatic nitrogens is 3. The topological polar surface area (TPSA) is 60.7 Å². The maximum Gasteiger partial charge on any atom is 0.357 e. The van der Waals surface area contributed by atoms with Crippen LogP contribution in [0, 0.1) is 0 Å². The molecule has 1 unspecified atom stereocenters. The van der Waals surface area contributed by atoms with E-state index in [1.807, 2.05) is 6.20 Å². The van der Waals surface area contributed by atoms with Crippen LogP contribution in [0.1, 0.15) is 38.5 Å². The zero-order chi connectivity index (χ0) is 21.4. The van der Waals surface area contributed by atoms with E-state index in [4.69, 9.17) is 0 Å². The Morgan fingerprint density at radius 2 is 1.31 bits per heavy atom. The molecule has 0 aromatic carbocycles. The average molecular weight is 470 g/mol. The van der Waals surface area contributed by atoms with Crippen molar-refractivity contribution in [3.63, 3.8) is 0 Å². The fourth-order valence-electron chi connectivity index (χ4n) is 4.21. The van der Waals surface area contributed by atoms with Gasteiger partial charge in [0.05, 0.1) is 12.4 Å². The smallest absolute Gasteiger partial charge is 0.357 e. The van der Waals surface area contributed by atoms with Crippen LogP contribution in [-0.4, -0.2) is 72.8 Å². The van der Waals surface area contributed by atoms with Gasteiger partial charge in [0, 0.05) is 32.7 Å². The molecule has 3 aliphatic heterocycles. The quantitative estimate of drug-likeness (QED) is 0.505. The summed E-state index contributed by atoms with van der Waals surface area (Å²) in [6, 6.07) is 0. The summed E-state index contributed by atoms with van der Waals surface area (Å²) in [6.07, 6.45) is 10.4. The first-order chi connectivity index (χ1) is 13.3. The molecule has 3 fully saturated rings. The number of aliphatic hydroxyl groups excluding tert-OH is 1. The molecule has 4 heterocycles. The van der Waals surface area contributed by atoms with Crippen molar-refractivity contribution in [3.05, 3.63) is 12.4 Å². The summed E-state index contributed by atoms with van der Waals surface area (Å²) in [5, 5.41) is 19.2. The molecule has 15 heteroatoms. The standard InChI is InChI=1S/C14H26N6OP.F6P/c21-14-6-5-12-19(14)22(17-8-1-2-9-17,18-10-3-4-11-18)20-13-7-15-16-20;1-7(2,3,4,5)6/h7,13-14,21H,1-6,8-12H2;/q+1;-1. The van der Waals surface area contributed by atoms with Crippen molar-refractivity contribution in [1.82, 2.24) is 28.8 Å². The predicted octanol–water partition coefficient (Wildman–Crippen LogP) is 4.79. The third kappa shape index (κ3) is 5.98. The summed E-state index contributed by atoms with van der Waals surface area (Å²) >= 11 is 0. The number of halogens is 6. The summed E-state index contributed by atoms with van der Waals surface area (Å²) < 4.78 is 68.9. The van der Waals surface area contributed by atoms with E-state index in [-0.39, 0.29) is 6.23 Å². The third-order valence-corrected chi connectivity index (χ3v) is 9.38. The van der Waals surface area contributed by atoms with Crippen molar-refractivity contribution >= 4 is 15.7 Å². The van der Waals surface area contributed by atoms with Gasteiger partial charge in [-0.2, -0.15) is 0 Å². The minimum absolute atomic E-state index is 0.348. The van der Waals surface area contributed by atoms with E-state index in [1.165, 1.54) is 25.7 Å². The molecule has 1 aromatic heterocycles. The Hall–Kier alpha value is -0.580. The van der Waals surface area contributed by atoms with Crippen LogP contribution in [0.25, 0.3) is 0 Å². The summed E-state index contributed by atoms with van der Waals surface area (Å²) in [4.78, 5) is 0. The number of hydrogen-bond donors (Lipinski definition) is 1. The zero-order valence-corrected chi connectivity index (χ0v) is 17.6. The zero-order valence-electron chi connectivity index (χ0n) is 15.8. The fourth-order valence-corrected chi connectivity index (χ4v) is 8.89. The van der Waals surface area contributed by atoms with E-state index >= 15 is 0 Å². The van der Waals surface area contributed by atoms with Crippen LogP contribution in [0.2, 0.25) is 0 Å². The molecule has 1 aromatic rings. The molecule has 0 amide bonds. The van der Waals surface area contributed by atoms with Crippen LogP contribution in [0.5, 0.6) is 0 Å². The number of aliphatic hydroxyl groups is 1. The van der Waals surface area contributed by atoms with E-state index in [1.54, 1.807) is 6.20 Å². The first-order valence-electron chi connectivity index (χ1n) is 9.57. The Balaban J connectivity index is 0.000000298. The van der Waals surface area contributed by atoms with Crippen LogP contribution >= 0.6 is 15.7 Å². The van der Waals surface area contributed by atoms with Gasteiger partial charge in [0.2, 0.25) is 0 Å². The largest absolute Gasteiger partial charge is 0.375 e. The third-order valence-electron chi connectivity index (χ3n) is 5.15. The van der Waals surface area contributed by atoms with Crippen molar-refractivity contribution in [2.75, 3.05) is 32.7 Å². The molecule has 170 valence electrons. The van der Waals surface area contributed by atoms with Gasteiger partial charge >= 0.3 is 40.9 Å². The number of hydrogen-bond acceptors (Lipinski definition) is 6. The second-order valence-electron chi connectivity index (χ2n) is 7.43. The minimum Gasteiger partial charge on any atom is -0.375 e. The van der Waals surface area contributed by atoms with Crippen molar-refractivity contribution in [2.45, 2.75) is 44.8 Å². The molecule has 7 nitrogen and oxygen atoms in total. The van der Waals surface area contributed by atoms with E-state index in [9.17, 15) is 30.3 Å². The summed E-state index contributed by atoms with van der Waals surface area (Å²) in [5.41, 5.74) is 0. The molecular weight excluding hydrogens is 444 g/mol. The van der Waals surface area contributed by atoms with Crippen LogP contribution in [-0.2, 0) is 0 Å². The van der Waals surface area contributed by atoms with Crippen LogP contribution in [0.4, 0.5) is 25.2 Å². The molecule has 3 aliphatic rings. The van der Waals surface area contributed by atoms with E-state index in [0.29, 0.717) is 0 Å². The van der Waals surface area contributed by atoms with Gasteiger partial charge in [0.15, 0.2) is 0 Å². The van der Waals surface area contributed by atoms with Crippen molar-refractivity contribution < 1.29 is 30.3 Å².